The Morgan fingerprint density at radius 2 is 1.21 bits per heavy atom. The van der Waals surface area contributed by atoms with Crippen molar-refractivity contribution in [3.05, 3.63) is 23.9 Å². The van der Waals surface area contributed by atoms with Crippen molar-refractivity contribution in [1.82, 2.24) is 4.98 Å². The summed E-state index contributed by atoms with van der Waals surface area (Å²) < 4.78 is 0. The van der Waals surface area contributed by atoms with Crippen molar-refractivity contribution in [2.75, 3.05) is 17.2 Å². The Labute approximate surface area is 153 Å². The van der Waals surface area contributed by atoms with Crippen LogP contribution in [0.25, 0.3) is 0 Å². The highest BCUT2D eigenvalue weighted by Gasteiger charge is 2.35. The maximum Gasteiger partial charge on any atom is 0.128 e. The quantitative estimate of drug-likeness (QED) is 0.429. The van der Waals surface area contributed by atoms with Crippen LogP contribution in [0.1, 0.15) is 47.1 Å². The Morgan fingerprint density at radius 1 is 0.792 bits per heavy atom. The van der Waals surface area contributed by atoms with Crippen molar-refractivity contribution in [2.24, 2.45) is 0 Å². The monoisotopic (exact) mass is 364 g/mol. The maximum atomic E-state index is 4.78. The predicted octanol–water partition coefficient (Wildman–Crippen LogP) is 6.29. The van der Waals surface area contributed by atoms with E-state index >= 15 is 0 Å². The predicted molar refractivity (Wildman–Crippen MR) is 116 cm³/mol. The van der Waals surface area contributed by atoms with Gasteiger partial charge in [0.2, 0.25) is 0 Å². The molecule has 0 aliphatic carbocycles. The zero-order valence-corrected chi connectivity index (χ0v) is 19.3. The van der Waals surface area contributed by atoms with Gasteiger partial charge < -0.3 is 4.90 Å². The van der Waals surface area contributed by atoms with Gasteiger partial charge in [0.05, 0.1) is 16.1 Å². The molecule has 0 saturated heterocycles. The summed E-state index contributed by atoms with van der Waals surface area (Å²) in [5, 5.41) is 0. The third kappa shape index (κ3) is 5.19. The van der Waals surface area contributed by atoms with Gasteiger partial charge in [-0.2, -0.15) is 0 Å². The molecule has 4 heteroatoms. The number of rotatable bonds is 11. The molecular weight excluding hydrogens is 324 g/mol. The summed E-state index contributed by atoms with van der Waals surface area (Å²) in [6.45, 7) is 16.7. The van der Waals surface area contributed by atoms with Crippen LogP contribution in [0.3, 0.4) is 0 Å². The lowest BCUT2D eigenvalue weighted by molar-refractivity contribution is 0.913. The second kappa shape index (κ2) is 9.76. The normalized spacial score (nSPS) is 12.5. The SMILES string of the molecule is CC[Si](CC)(CC)CN(C[Si](CC)(CC)CC)c1cc(C)ccn1. The number of anilines is 1. The Balaban J connectivity index is 3.21. The fourth-order valence-electron chi connectivity index (χ4n) is 3.89. The number of pyridine rings is 1. The van der Waals surface area contributed by atoms with E-state index in [1.54, 1.807) is 0 Å². The first-order valence-corrected chi connectivity index (χ1v) is 15.8. The Kier molecular flexibility index (Phi) is 8.71. The molecule has 1 rings (SSSR count). The average molecular weight is 365 g/mol. The summed E-state index contributed by atoms with van der Waals surface area (Å²) in [7, 11) is -2.42. The van der Waals surface area contributed by atoms with E-state index in [0.29, 0.717) is 0 Å². The molecule has 1 heterocycles. The molecule has 0 aliphatic heterocycles. The van der Waals surface area contributed by atoms with Crippen molar-refractivity contribution in [1.29, 1.82) is 0 Å². The van der Waals surface area contributed by atoms with Gasteiger partial charge in [0.1, 0.15) is 5.82 Å². The summed E-state index contributed by atoms with van der Waals surface area (Å²) in [6, 6.07) is 12.8. The Hall–Kier alpha value is -0.616. The number of aromatic nitrogens is 1. The van der Waals surface area contributed by atoms with Gasteiger partial charge in [0.15, 0.2) is 0 Å². The summed E-state index contributed by atoms with van der Waals surface area (Å²) in [5.41, 5.74) is 1.33. The summed E-state index contributed by atoms with van der Waals surface area (Å²) >= 11 is 0. The van der Waals surface area contributed by atoms with Crippen LogP contribution in [0.15, 0.2) is 18.3 Å². The molecule has 0 saturated carbocycles. The van der Waals surface area contributed by atoms with Gasteiger partial charge in [0.25, 0.3) is 0 Å². The molecule has 0 N–H and O–H groups in total. The van der Waals surface area contributed by atoms with Crippen LogP contribution in [-0.2, 0) is 0 Å². The van der Waals surface area contributed by atoms with Gasteiger partial charge >= 0.3 is 0 Å². The standard InChI is InChI=1S/C20H40N2Si2/c1-8-23(9-2,10-3)17-22(18-24(11-4,12-5)13-6)20-16-19(7)14-15-21-20/h14-16H,8-13,17-18H2,1-7H3. The van der Waals surface area contributed by atoms with Crippen molar-refractivity contribution < 1.29 is 0 Å². The average Bonchev–Trinajstić information content (AvgIpc) is 2.63. The van der Waals surface area contributed by atoms with Gasteiger partial charge in [-0.15, -0.1) is 0 Å². The van der Waals surface area contributed by atoms with Crippen LogP contribution in [0.2, 0.25) is 36.3 Å². The number of aryl methyl sites for hydroxylation is 1. The van der Waals surface area contributed by atoms with Gasteiger partial charge in [0, 0.05) is 18.5 Å². The lowest BCUT2D eigenvalue weighted by atomic mass is 10.3. The maximum absolute atomic E-state index is 4.78. The lowest BCUT2D eigenvalue weighted by Crippen LogP contribution is -2.53. The molecule has 1 aromatic rings. The minimum atomic E-state index is -1.21. The van der Waals surface area contributed by atoms with Gasteiger partial charge in [-0.1, -0.05) is 77.8 Å². The second-order valence-electron chi connectivity index (χ2n) is 7.67. The smallest absolute Gasteiger partial charge is 0.128 e. The zero-order valence-electron chi connectivity index (χ0n) is 17.3. The highest BCUT2D eigenvalue weighted by molar-refractivity contribution is 6.82. The lowest BCUT2D eigenvalue weighted by Gasteiger charge is -2.41. The zero-order chi connectivity index (χ0) is 18.2. The van der Waals surface area contributed by atoms with E-state index in [2.05, 4.69) is 65.5 Å². The fraction of sp³-hybridized carbons (Fsp3) is 0.750. The van der Waals surface area contributed by atoms with E-state index in [1.165, 1.54) is 60.0 Å². The van der Waals surface area contributed by atoms with Crippen molar-refractivity contribution in [2.45, 2.75) is 84.7 Å². The molecule has 0 amide bonds. The molecule has 0 unspecified atom stereocenters. The van der Waals surface area contributed by atoms with Crippen LogP contribution in [-0.4, -0.2) is 33.5 Å². The molecule has 0 aliphatic rings. The molecule has 0 radical (unpaired) electrons. The molecular formula is C20H40N2Si2. The van der Waals surface area contributed by atoms with Crippen LogP contribution < -0.4 is 4.90 Å². The largest absolute Gasteiger partial charge is 0.362 e. The van der Waals surface area contributed by atoms with Crippen molar-refractivity contribution in [3.8, 4) is 0 Å². The first kappa shape index (κ1) is 21.4. The topological polar surface area (TPSA) is 16.1 Å². The molecule has 1 aromatic heterocycles. The number of nitrogens with zero attached hydrogens (tertiary/aromatic N) is 2. The number of hydrogen-bond acceptors (Lipinski definition) is 2. The van der Waals surface area contributed by atoms with E-state index in [9.17, 15) is 0 Å². The second-order valence-corrected chi connectivity index (χ2v) is 18.5. The fourth-order valence-corrected chi connectivity index (χ4v) is 10.6. The van der Waals surface area contributed by atoms with Gasteiger partial charge in [-0.3, -0.25) is 0 Å². The first-order valence-electron chi connectivity index (χ1n) is 10.1. The van der Waals surface area contributed by atoms with E-state index in [0.717, 1.165) is 0 Å². The molecule has 0 spiro atoms. The van der Waals surface area contributed by atoms with E-state index in [1.807, 2.05) is 6.20 Å². The molecule has 2 nitrogen and oxygen atoms in total. The minimum Gasteiger partial charge on any atom is -0.362 e. The van der Waals surface area contributed by atoms with Gasteiger partial charge in [-0.05, 0) is 24.6 Å². The minimum absolute atomic E-state index is 1.21. The molecule has 0 fully saturated rings. The van der Waals surface area contributed by atoms with Crippen LogP contribution in [0.5, 0.6) is 0 Å². The molecule has 24 heavy (non-hydrogen) atoms. The molecule has 0 aromatic carbocycles. The summed E-state index contributed by atoms with van der Waals surface area (Å²) in [5.74, 6) is 1.23. The van der Waals surface area contributed by atoms with E-state index < -0.39 is 16.1 Å². The van der Waals surface area contributed by atoms with Crippen LogP contribution in [0, 0.1) is 6.92 Å². The van der Waals surface area contributed by atoms with Gasteiger partial charge in [-0.25, -0.2) is 4.98 Å². The highest BCUT2D eigenvalue weighted by atomic mass is 28.3. The van der Waals surface area contributed by atoms with Crippen LogP contribution in [0.4, 0.5) is 5.82 Å². The molecule has 0 atom stereocenters. The van der Waals surface area contributed by atoms with Crippen LogP contribution >= 0.6 is 0 Å². The summed E-state index contributed by atoms with van der Waals surface area (Å²) in [6.07, 6.45) is 4.58. The Bertz CT molecular complexity index is 444. The highest BCUT2D eigenvalue weighted by Crippen LogP contribution is 2.28. The third-order valence-electron chi connectivity index (χ3n) is 6.78. The molecule has 138 valence electrons. The molecule has 0 bridgehead atoms. The third-order valence-corrected chi connectivity index (χ3v) is 17.9. The van der Waals surface area contributed by atoms with E-state index in [4.69, 9.17) is 4.98 Å². The summed E-state index contributed by atoms with van der Waals surface area (Å²) in [4.78, 5) is 7.51. The van der Waals surface area contributed by atoms with E-state index in [-0.39, 0.29) is 0 Å². The van der Waals surface area contributed by atoms with Crippen molar-refractivity contribution >= 4 is 22.0 Å². The number of hydrogen-bond donors (Lipinski definition) is 0. The first-order chi connectivity index (χ1) is 11.4. The van der Waals surface area contributed by atoms with Crippen molar-refractivity contribution in [3.63, 3.8) is 0 Å². The Morgan fingerprint density at radius 3 is 1.54 bits per heavy atom.